The molecule has 0 unspecified atom stereocenters. The first kappa shape index (κ1) is 13.3. The molecule has 2 heterocycles. The Bertz CT molecular complexity index is 618. The Hall–Kier alpha value is -1.72. The van der Waals surface area contributed by atoms with E-state index in [9.17, 15) is 4.79 Å². The minimum absolute atomic E-state index is 0.0515. The smallest absolute Gasteiger partial charge is 0.212 e. The third-order valence-corrected chi connectivity index (χ3v) is 4.40. The van der Waals surface area contributed by atoms with Crippen LogP contribution in [0.3, 0.4) is 0 Å². The second kappa shape index (κ2) is 5.73. The number of ether oxygens (including phenoxy) is 1. The van der Waals surface area contributed by atoms with Crippen LogP contribution in [0.25, 0.3) is 0 Å². The van der Waals surface area contributed by atoms with Gasteiger partial charge in [0.1, 0.15) is 16.5 Å². The molecule has 3 rings (SSSR count). The SMILES string of the molecule is COc1cccc(C(=O)c2csc([C@@H]3CCCN3)n2)c1. The Balaban J connectivity index is 1.82. The van der Waals surface area contributed by atoms with Gasteiger partial charge in [-0.05, 0) is 31.5 Å². The van der Waals surface area contributed by atoms with Gasteiger partial charge in [-0.2, -0.15) is 0 Å². The van der Waals surface area contributed by atoms with Gasteiger partial charge in [0.05, 0.1) is 13.2 Å². The lowest BCUT2D eigenvalue weighted by Gasteiger charge is -2.04. The number of rotatable bonds is 4. The van der Waals surface area contributed by atoms with E-state index >= 15 is 0 Å². The third kappa shape index (κ3) is 2.59. The Morgan fingerprint density at radius 3 is 3.15 bits per heavy atom. The number of hydrogen-bond acceptors (Lipinski definition) is 5. The van der Waals surface area contributed by atoms with E-state index < -0.39 is 0 Å². The first-order chi connectivity index (χ1) is 9.78. The maximum absolute atomic E-state index is 12.4. The van der Waals surface area contributed by atoms with Crippen molar-refractivity contribution in [2.24, 2.45) is 0 Å². The number of benzene rings is 1. The van der Waals surface area contributed by atoms with E-state index in [0.717, 1.165) is 18.0 Å². The first-order valence-corrected chi connectivity index (χ1v) is 7.53. The third-order valence-electron chi connectivity index (χ3n) is 3.44. The largest absolute Gasteiger partial charge is 0.497 e. The van der Waals surface area contributed by atoms with Gasteiger partial charge in [0.25, 0.3) is 0 Å². The molecule has 0 amide bonds. The quantitative estimate of drug-likeness (QED) is 0.879. The van der Waals surface area contributed by atoms with E-state index in [1.165, 1.54) is 6.42 Å². The molecule has 1 aromatic heterocycles. The predicted molar refractivity (Wildman–Crippen MR) is 78.5 cm³/mol. The van der Waals surface area contributed by atoms with Gasteiger partial charge >= 0.3 is 0 Å². The van der Waals surface area contributed by atoms with Crippen LogP contribution in [0.2, 0.25) is 0 Å². The summed E-state index contributed by atoms with van der Waals surface area (Å²) in [7, 11) is 1.59. The van der Waals surface area contributed by atoms with E-state index in [0.29, 0.717) is 23.0 Å². The van der Waals surface area contributed by atoms with E-state index in [1.807, 2.05) is 17.5 Å². The second-order valence-corrected chi connectivity index (χ2v) is 5.67. The molecule has 2 aromatic rings. The molecule has 104 valence electrons. The van der Waals surface area contributed by atoms with Crippen molar-refractivity contribution < 1.29 is 9.53 Å². The molecule has 4 nitrogen and oxygen atoms in total. The van der Waals surface area contributed by atoms with Crippen molar-refractivity contribution in [2.45, 2.75) is 18.9 Å². The highest BCUT2D eigenvalue weighted by Crippen LogP contribution is 2.27. The minimum Gasteiger partial charge on any atom is -0.497 e. The maximum atomic E-state index is 12.4. The highest BCUT2D eigenvalue weighted by Gasteiger charge is 2.21. The lowest BCUT2D eigenvalue weighted by Crippen LogP contribution is -2.13. The van der Waals surface area contributed by atoms with Gasteiger partial charge in [-0.25, -0.2) is 4.98 Å². The summed E-state index contributed by atoms with van der Waals surface area (Å²) < 4.78 is 5.15. The minimum atomic E-state index is -0.0515. The molecule has 0 saturated carbocycles. The molecule has 1 aromatic carbocycles. The maximum Gasteiger partial charge on any atom is 0.212 e. The van der Waals surface area contributed by atoms with Crippen molar-refractivity contribution in [1.29, 1.82) is 0 Å². The fourth-order valence-electron chi connectivity index (χ4n) is 2.36. The average Bonchev–Trinajstić information content (AvgIpc) is 3.17. The Labute approximate surface area is 121 Å². The molecule has 1 saturated heterocycles. The van der Waals surface area contributed by atoms with E-state index in [4.69, 9.17) is 4.74 Å². The normalized spacial score (nSPS) is 18.1. The summed E-state index contributed by atoms with van der Waals surface area (Å²) in [5, 5.41) is 6.25. The lowest BCUT2D eigenvalue weighted by atomic mass is 10.1. The molecule has 0 radical (unpaired) electrons. The number of methoxy groups -OCH3 is 1. The average molecular weight is 288 g/mol. The second-order valence-electron chi connectivity index (χ2n) is 4.78. The Kier molecular flexibility index (Phi) is 3.80. The van der Waals surface area contributed by atoms with Crippen molar-refractivity contribution in [3.63, 3.8) is 0 Å². The van der Waals surface area contributed by atoms with Gasteiger partial charge < -0.3 is 10.1 Å². The first-order valence-electron chi connectivity index (χ1n) is 6.65. The van der Waals surface area contributed by atoms with Gasteiger partial charge in [-0.3, -0.25) is 4.79 Å². The van der Waals surface area contributed by atoms with Crippen molar-refractivity contribution in [2.75, 3.05) is 13.7 Å². The number of hydrogen-bond donors (Lipinski definition) is 1. The molecule has 1 aliphatic rings. The highest BCUT2D eigenvalue weighted by molar-refractivity contribution is 7.10. The lowest BCUT2D eigenvalue weighted by molar-refractivity contribution is 0.103. The van der Waals surface area contributed by atoms with Crippen LogP contribution in [0.1, 0.15) is 39.9 Å². The van der Waals surface area contributed by atoms with Gasteiger partial charge in [-0.1, -0.05) is 12.1 Å². The number of carbonyl (C=O) groups is 1. The zero-order valence-corrected chi connectivity index (χ0v) is 12.1. The van der Waals surface area contributed by atoms with Crippen molar-refractivity contribution in [3.05, 3.63) is 45.9 Å². The molecule has 0 spiro atoms. The number of nitrogens with zero attached hydrogens (tertiary/aromatic N) is 1. The zero-order chi connectivity index (χ0) is 13.9. The monoisotopic (exact) mass is 288 g/mol. The summed E-state index contributed by atoms with van der Waals surface area (Å²) in [6.07, 6.45) is 2.27. The summed E-state index contributed by atoms with van der Waals surface area (Å²) in [5.41, 5.74) is 1.13. The fourth-order valence-corrected chi connectivity index (χ4v) is 3.27. The number of ketones is 1. The molecule has 0 bridgehead atoms. The molecular weight excluding hydrogens is 272 g/mol. The van der Waals surface area contributed by atoms with Crippen LogP contribution >= 0.6 is 11.3 Å². The van der Waals surface area contributed by atoms with Crippen molar-refractivity contribution >= 4 is 17.1 Å². The summed E-state index contributed by atoms with van der Waals surface area (Å²) in [5.74, 6) is 0.633. The van der Waals surface area contributed by atoms with Crippen molar-refractivity contribution in [1.82, 2.24) is 10.3 Å². The molecule has 0 aliphatic carbocycles. The predicted octanol–water partition coefficient (Wildman–Crippen LogP) is 2.81. The van der Waals surface area contributed by atoms with Crippen LogP contribution in [-0.4, -0.2) is 24.4 Å². The highest BCUT2D eigenvalue weighted by atomic mass is 32.1. The molecule has 1 atom stereocenters. The van der Waals surface area contributed by atoms with E-state index in [2.05, 4.69) is 10.3 Å². The van der Waals surface area contributed by atoms with Crippen LogP contribution in [0.15, 0.2) is 29.6 Å². The number of thiazole rings is 1. The van der Waals surface area contributed by atoms with Crippen LogP contribution in [0.4, 0.5) is 0 Å². The van der Waals surface area contributed by atoms with Crippen molar-refractivity contribution in [3.8, 4) is 5.75 Å². The van der Waals surface area contributed by atoms with Gasteiger partial charge in [0.15, 0.2) is 0 Å². The summed E-state index contributed by atoms with van der Waals surface area (Å²) >= 11 is 1.55. The number of carbonyl (C=O) groups excluding carboxylic acids is 1. The fraction of sp³-hybridized carbons (Fsp3) is 0.333. The molecule has 20 heavy (non-hydrogen) atoms. The molecule has 1 fully saturated rings. The number of aromatic nitrogens is 1. The standard InChI is InChI=1S/C15H16N2O2S/c1-19-11-5-2-4-10(8-11)14(18)13-9-20-15(17-13)12-6-3-7-16-12/h2,4-5,8-9,12,16H,3,6-7H2,1H3/t12-/m0/s1. The number of nitrogens with one attached hydrogen (secondary N) is 1. The Morgan fingerprint density at radius 1 is 1.50 bits per heavy atom. The van der Waals surface area contributed by atoms with Crippen LogP contribution < -0.4 is 10.1 Å². The van der Waals surface area contributed by atoms with Gasteiger partial charge in [0, 0.05) is 10.9 Å². The van der Waals surface area contributed by atoms with E-state index in [1.54, 1.807) is 30.6 Å². The molecular formula is C15H16N2O2S. The van der Waals surface area contributed by atoms with Crippen LogP contribution in [0.5, 0.6) is 5.75 Å². The van der Waals surface area contributed by atoms with Crippen LogP contribution in [-0.2, 0) is 0 Å². The molecule has 5 heteroatoms. The van der Waals surface area contributed by atoms with Crippen LogP contribution in [0, 0.1) is 0 Å². The summed E-state index contributed by atoms with van der Waals surface area (Å²) in [6.45, 7) is 1.03. The molecule has 1 N–H and O–H groups in total. The van der Waals surface area contributed by atoms with Gasteiger partial charge in [0.2, 0.25) is 5.78 Å². The Morgan fingerprint density at radius 2 is 2.40 bits per heavy atom. The van der Waals surface area contributed by atoms with Gasteiger partial charge in [-0.15, -0.1) is 11.3 Å². The summed E-state index contributed by atoms with van der Waals surface area (Å²) in [6, 6.07) is 7.49. The topological polar surface area (TPSA) is 51.2 Å². The zero-order valence-electron chi connectivity index (χ0n) is 11.3. The van der Waals surface area contributed by atoms with E-state index in [-0.39, 0.29) is 5.78 Å². The summed E-state index contributed by atoms with van der Waals surface area (Å²) in [4.78, 5) is 16.9. The molecule has 1 aliphatic heterocycles.